The highest BCUT2D eigenvalue weighted by Crippen LogP contribution is 2.39. The Bertz CT molecular complexity index is 1330. The SMILES string of the molecule is Cc1cc(N=S(C)(C)=O)cc2ncnc(Cc3ccc(F)cc3O[C@@H]3CO[C@@H]4CCC[C@@H]43)c12. The van der Waals surface area contributed by atoms with Crippen molar-refractivity contribution in [1.82, 2.24) is 9.97 Å². The minimum absolute atomic E-state index is 0.0518. The summed E-state index contributed by atoms with van der Waals surface area (Å²) in [5.74, 6) is 0.593. The van der Waals surface area contributed by atoms with E-state index in [4.69, 9.17) is 9.47 Å². The first kappa shape index (κ1) is 22.2. The number of aryl methyl sites for hydroxylation is 1. The molecule has 33 heavy (non-hydrogen) atoms. The maximum atomic E-state index is 14.2. The normalized spacial score (nSPS) is 22.5. The number of hydrogen-bond acceptors (Lipinski definition) is 6. The average molecular weight is 470 g/mol. The van der Waals surface area contributed by atoms with Gasteiger partial charge in [0.2, 0.25) is 0 Å². The summed E-state index contributed by atoms with van der Waals surface area (Å²) in [6, 6.07) is 8.42. The summed E-state index contributed by atoms with van der Waals surface area (Å²) in [5.41, 5.74) is 4.03. The molecule has 6 nitrogen and oxygen atoms in total. The largest absolute Gasteiger partial charge is 0.487 e. The van der Waals surface area contributed by atoms with Gasteiger partial charge in [-0.1, -0.05) is 12.5 Å². The van der Waals surface area contributed by atoms with Gasteiger partial charge in [-0.15, -0.1) is 0 Å². The van der Waals surface area contributed by atoms with Gasteiger partial charge in [0.1, 0.15) is 24.0 Å². The average Bonchev–Trinajstić information content (AvgIpc) is 3.34. The van der Waals surface area contributed by atoms with Crippen molar-refractivity contribution in [1.29, 1.82) is 0 Å². The highest BCUT2D eigenvalue weighted by Gasteiger charge is 2.42. The molecule has 174 valence electrons. The molecule has 0 radical (unpaired) electrons. The van der Waals surface area contributed by atoms with Gasteiger partial charge in [-0.05, 0) is 43.5 Å². The van der Waals surface area contributed by atoms with Crippen molar-refractivity contribution >= 4 is 26.3 Å². The molecule has 2 fully saturated rings. The number of nitrogens with zero attached hydrogens (tertiary/aromatic N) is 3. The first-order chi connectivity index (χ1) is 15.8. The van der Waals surface area contributed by atoms with Gasteiger partial charge in [0, 0.05) is 51.6 Å². The molecule has 3 atom stereocenters. The summed E-state index contributed by atoms with van der Waals surface area (Å²) in [4.78, 5) is 8.96. The van der Waals surface area contributed by atoms with Crippen LogP contribution in [0.1, 0.15) is 36.1 Å². The van der Waals surface area contributed by atoms with E-state index in [0.29, 0.717) is 30.4 Å². The number of aromatic nitrogens is 2. The Morgan fingerprint density at radius 3 is 2.88 bits per heavy atom. The molecule has 2 heterocycles. The maximum absolute atomic E-state index is 14.2. The van der Waals surface area contributed by atoms with E-state index in [-0.39, 0.29) is 18.0 Å². The van der Waals surface area contributed by atoms with Gasteiger partial charge >= 0.3 is 0 Å². The number of ether oxygens (including phenoxy) is 2. The Labute approximate surface area is 193 Å². The molecule has 2 aromatic carbocycles. The van der Waals surface area contributed by atoms with Gasteiger partial charge in [0.15, 0.2) is 0 Å². The van der Waals surface area contributed by atoms with Crippen LogP contribution in [-0.2, 0) is 20.9 Å². The third kappa shape index (κ3) is 4.73. The molecule has 1 aromatic heterocycles. The number of fused-ring (bicyclic) bond motifs is 2. The topological polar surface area (TPSA) is 73.7 Å². The third-order valence-corrected chi connectivity index (χ3v) is 7.10. The van der Waals surface area contributed by atoms with Gasteiger partial charge in [-0.2, -0.15) is 4.36 Å². The lowest BCUT2D eigenvalue weighted by atomic mass is 10.00. The summed E-state index contributed by atoms with van der Waals surface area (Å²) < 4.78 is 42.8. The predicted molar refractivity (Wildman–Crippen MR) is 127 cm³/mol. The van der Waals surface area contributed by atoms with E-state index >= 15 is 0 Å². The van der Waals surface area contributed by atoms with Gasteiger partial charge in [0.25, 0.3) is 0 Å². The van der Waals surface area contributed by atoms with Crippen LogP contribution in [0.3, 0.4) is 0 Å². The van der Waals surface area contributed by atoms with Crippen molar-refractivity contribution in [2.24, 2.45) is 10.3 Å². The lowest BCUT2D eigenvalue weighted by Gasteiger charge is -2.20. The van der Waals surface area contributed by atoms with Gasteiger partial charge in [-0.3, -0.25) is 0 Å². The summed E-state index contributed by atoms with van der Waals surface area (Å²) in [7, 11) is -2.28. The summed E-state index contributed by atoms with van der Waals surface area (Å²) in [5, 5.41) is 0.922. The molecule has 8 heteroatoms. The van der Waals surface area contributed by atoms with Crippen molar-refractivity contribution in [3.8, 4) is 5.75 Å². The lowest BCUT2D eigenvalue weighted by Crippen LogP contribution is -2.26. The van der Waals surface area contributed by atoms with E-state index < -0.39 is 9.73 Å². The smallest absolute Gasteiger partial charge is 0.127 e. The number of hydrogen-bond donors (Lipinski definition) is 0. The molecular weight excluding hydrogens is 441 g/mol. The van der Waals surface area contributed by atoms with Crippen LogP contribution in [0, 0.1) is 18.7 Å². The maximum Gasteiger partial charge on any atom is 0.127 e. The Balaban J connectivity index is 1.49. The molecule has 2 aliphatic rings. The van der Waals surface area contributed by atoms with Crippen LogP contribution in [0.15, 0.2) is 41.0 Å². The standard InChI is InChI=1S/C25H28FN3O3S/c1-15-9-18(29-33(2,3)30)12-21-25(15)20(27-14-28-21)10-16-7-8-17(26)11-23(16)32-24-13-31-22-6-4-5-19(22)24/h7-9,11-12,14,19,22,24H,4-6,10,13H2,1-3H3/t19-,22+,24+/m0/s1. The Hall–Kier alpha value is -2.58. The number of halogens is 1. The van der Waals surface area contributed by atoms with Gasteiger partial charge < -0.3 is 9.47 Å². The minimum Gasteiger partial charge on any atom is -0.487 e. The molecule has 0 amide bonds. The fraction of sp³-hybridized carbons (Fsp3) is 0.440. The first-order valence-corrected chi connectivity index (χ1v) is 13.6. The zero-order valence-corrected chi connectivity index (χ0v) is 19.9. The Kier molecular flexibility index (Phi) is 5.82. The van der Waals surface area contributed by atoms with Gasteiger partial charge in [-0.25, -0.2) is 18.6 Å². The van der Waals surface area contributed by atoms with Crippen LogP contribution >= 0.6 is 0 Å². The molecule has 1 saturated heterocycles. The van der Waals surface area contributed by atoms with Crippen LogP contribution in [-0.4, -0.2) is 45.5 Å². The second-order valence-electron chi connectivity index (χ2n) is 9.30. The lowest BCUT2D eigenvalue weighted by molar-refractivity contribution is 0.0914. The summed E-state index contributed by atoms with van der Waals surface area (Å²) in [6.45, 7) is 2.52. The molecule has 0 N–H and O–H groups in total. The van der Waals surface area contributed by atoms with Gasteiger partial charge in [0.05, 0.1) is 29.6 Å². The zero-order chi connectivity index (χ0) is 23.2. The zero-order valence-electron chi connectivity index (χ0n) is 19.1. The second kappa shape index (κ2) is 8.65. The van der Waals surface area contributed by atoms with Crippen LogP contribution in [0.4, 0.5) is 10.1 Å². The predicted octanol–water partition coefficient (Wildman–Crippen LogP) is 4.97. The van der Waals surface area contributed by atoms with E-state index in [1.807, 2.05) is 19.1 Å². The van der Waals surface area contributed by atoms with Crippen LogP contribution < -0.4 is 4.74 Å². The van der Waals surface area contributed by atoms with E-state index in [0.717, 1.165) is 47.0 Å². The molecule has 0 unspecified atom stereocenters. The Morgan fingerprint density at radius 1 is 1.21 bits per heavy atom. The molecule has 3 aromatic rings. The van der Waals surface area contributed by atoms with Crippen LogP contribution in [0.5, 0.6) is 5.75 Å². The van der Waals surface area contributed by atoms with Crippen molar-refractivity contribution in [3.05, 3.63) is 59.3 Å². The molecule has 5 rings (SSSR count). The molecule has 0 spiro atoms. The van der Waals surface area contributed by atoms with E-state index in [2.05, 4.69) is 14.3 Å². The summed E-state index contributed by atoms with van der Waals surface area (Å²) >= 11 is 0. The second-order valence-corrected chi connectivity index (χ2v) is 11.8. The van der Waals surface area contributed by atoms with E-state index in [9.17, 15) is 8.60 Å². The number of benzene rings is 2. The van der Waals surface area contributed by atoms with E-state index in [1.165, 1.54) is 18.5 Å². The Morgan fingerprint density at radius 2 is 2.06 bits per heavy atom. The molecule has 1 saturated carbocycles. The fourth-order valence-corrected chi connectivity index (χ4v) is 5.68. The molecule has 0 bridgehead atoms. The molecule has 1 aliphatic carbocycles. The van der Waals surface area contributed by atoms with Crippen LogP contribution in [0.25, 0.3) is 10.9 Å². The molecular formula is C25H28FN3O3S. The molecule has 1 aliphatic heterocycles. The monoisotopic (exact) mass is 469 g/mol. The quantitative estimate of drug-likeness (QED) is 0.527. The van der Waals surface area contributed by atoms with Crippen molar-refractivity contribution in [2.45, 2.75) is 44.8 Å². The minimum atomic E-state index is -2.28. The summed E-state index contributed by atoms with van der Waals surface area (Å²) in [6.07, 6.45) is 8.74. The highest BCUT2D eigenvalue weighted by molar-refractivity contribution is 7.92. The fourth-order valence-electron chi connectivity index (χ4n) is 5.07. The highest BCUT2D eigenvalue weighted by atomic mass is 32.2. The van der Waals surface area contributed by atoms with Crippen LogP contribution in [0.2, 0.25) is 0 Å². The first-order valence-electron chi connectivity index (χ1n) is 11.2. The number of rotatable bonds is 5. The third-order valence-electron chi connectivity index (χ3n) is 6.44. The van der Waals surface area contributed by atoms with E-state index in [1.54, 1.807) is 18.6 Å². The van der Waals surface area contributed by atoms with Crippen molar-refractivity contribution in [3.63, 3.8) is 0 Å². The van der Waals surface area contributed by atoms with Crippen molar-refractivity contribution < 1.29 is 18.1 Å². The van der Waals surface area contributed by atoms with Crippen molar-refractivity contribution in [2.75, 3.05) is 19.1 Å².